The fraction of sp³-hybridized carbons (Fsp3) is 0.533. The van der Waals surface area contributed by atoms with E-state index in [-0.39, 0.29) is 13.1 Å². The van der Waals surface area contributed by atoms with Gasteiger partial charge in [-0.15, -0.1) is 13.1 Å². The van der Waals surface area contributed by atoms with Gasteiger partial charge in [0.25, 0.3) is 0 Å². The van der Waals surface area contributed by atoms with Crippen molar-refractivity contribution in [3.63, 3.8) is 0 Å². The quantitative estimate of drug-likeness (QED) is 0.200. The van der Waals surface area contributed by atoms with Gasteiger partial charge in [0.1, 0.15) is 0 Å². The Labute approximate surface area is 235 Å². The number of halogens is 2. The molecular formula is C30H44Cl2FeN3. The van der Waals surface area contributed by atoms with Gasteiger partial charge in [-0.3, -0.25) is 9.98 Å². The molecule has 2 rings (SSSR count). The van der Waals surface area contributed by atoms with Crippen LogP contribution in [-0.2, 0) is 13.1 Å². The molecule has 0 N–H and O–H groups in total. The van der Waals surface area contributed by atoms with Crippen molar-refractivity contribution >= 4 is 43.0 Å². The molecule has 3 nitrogen and oxygen atoms in total. The van der Waals surface area contributed by atoms with E-state index in [1.165, 1.54) is 22.3 Å². The van der Waals surface area contributed by atoms with Gasteiger partial charge in [0.05, 0.1) is 11.4 Å². The summed E-state index contributed by atoms with van der Waals surface area (Å²) in [5, 5.41) is 4.80. The Balaban J connectivity index is 0.00000205. The van der Waals surface area contributed by atoms with Crippen LogP contribution in [0.4, 0.5) is 11.4 Å². The number of nitrogens with zero attached hydrogens (tertiary/aromatic N) is 3. The summed E-state index contributed by atoms with van der Waals surface area (Å²) in [5.41, 5.74) is 9.59. The third-order valence-corrected chi connectivity index (χ3v) is 5.97. The molecule has 0 heterocycles. The minimum atomic E-state index is 0.194. The average molecular weight is 573 g/mol. The minimum absolute atomic E-state index is 0.194. The van der Waals surface area contributed by atoms with Gasteiger partial charge >= 0.3 is 33.3 Å². The van der Waals surface area contributed by atoms with Crippen molar-refractivity contribution in [2.45, 2.75) is 92.9 Å². The van der Waals surface area contributed by atoms with E-state index in [0.29, 0.717) is 36.8 Å². The number of aliphatic imine (C=N–C) groups is 2. The normalized spacial score (nSPS) is 12.6. The maximum absolute atomic E-state index is 5.04. The topological polar surface area (TPSA) is 38.8 Å². The summed E-state index contributed by atoms with van der Waals surface area (Å²) in [6, 6.07) is 13.1. The summed E-state index contributed by atoms with van der Waals surface area (Å²) >= 11 is 0.194. The van der Waals surface area contributed by atoms with Gasteiger partial charge in [0.15, 0.2) is 0 Å². The van der Waals surface area contributed by atoms with Gasteiger partial charge in [-0.25, -0.2) is 0 Å². The van der Waals surface area contributed by atoms with Gasteiger partial charge in [-0.2, -0.15) is 0 Å². The first-order valence-electron chi connectivity index (χ1n) is 12.8. The van der Waals surface area contributed by atoms with Gasteiger partial charge in [0, 0.05) is 0 Å². The predicted molar refractivity (Wildman–Crippen MR) is 160 cm³/mol. The Kier molecular flexibility index (Phi) is 15.2. The van der Waals surface area contributed by atoms with Crippen molar-refractivity contribution in [1.82, 2.24) is 0 Å². The molecule has 201 valence electrons. The fourth-order valence-corrected chi connectivity index (χ4v) is 4.11. The molecule has 0 atom stereocenters. The molecule has 0 amide bonds. The Morgan fingerprint density at radius 3 is 1.11 bits per heavy atom. The summed E-state index contributed by atoms with van der Waals surface area (Å²) in [6.07, 6.45) is 0. The molecule has 0 saturated carbocycles. The molecule has 2 aromatic carbocycles. The van der Waals surface area contributed by atoms with Crippen LogP contribution < -0.4 is 0 Å². The van der Waals surface area contributed by atoms with Crippen LogP contribution in [0.25, 0.3) is 5.32 Å². The number of benzene rings is 2. The molecule has 0 aliphatic rings. The van der Waals surface area contributed by atoms with E-state index in [2.05, 4.69) is 106 Å². The van der Waals surface area contributed by atoms with E-state index in [1.807, 2.05) is 0 Å². The van der Waals surface area contributed by atoms with E-state index in [0.717, 1.165) is 22.8 Å². The average Bonchev–Trinajstić information content (AvgIpc) is 2.79. The molecule has 0 saturated heterocycles. The summed E-state index contributed by atoms with van der Waals surface area (Å²) in [5.74, 6) is 1.77. The molecule has 0 unspecified atom stereocenters. The van der Waals surface area contributed by atoms with E-state index >= 15 is 0 Å². The Bertz CT molecular complexity index is 879. The zero-order valence-corrected chi connectivity index (χ0v) is 26.3. The van der Waals surface area contributed by atoms with E-state index < -0.39 is 0 Å². The molecule has 0 aromatic heterocycles. The molecule has 0 spiro atoms. The van der Waals surface area contributed by atoms with Gasteiger partial charge in [0.2, 0.25) is 0 Å². The molecule has 0 radical (unpaired) electrons. The van der Waals surface area contributed by atoms with Crippen LogP contribution in [0.5, 0.6) is 0 Å². The second kappa shape index (κ2) is 16.6. The summed E-state index contributed by atoms with van der Waals surface area (Å²) in [4.78, 5) is 10.1. The molecule has 2 aromatic rings. The van der Waals surface area contributed by atoms with Crippen molar-refractivity contribution in [1.29, 1.82) is 0 Å². The van der Waals surface area contributed by atoms with Crippen molar-refractivity contribution in [3.05, 3.63) is 64.0 Å². The summed E-state index contributed by atoms with van der Waals surface area (Å²) in [7, 11) is 9.53. The molecule has 0 bridgehead atoms. The van der Waals surface area contributed by atoms with E-state index in [1.54, 1.807) is 0 Å². The third kappa shape index (κ3) is 10.3. The molecular weight excluding hydrogens is 529 g/mol. The second-order valence-electron chi connectivity index (χ2n) is 10.5. The van der Waals surface area contributed by atoms with Gasteiger partial charge in [-0.1, -0.05) is 91.8 Å². The molecule has 6 heteroatoms. The fourth-order valence-electron chi connectivity index (χ4n) is 4.11. The van der Waals surface area contributed by atoms with Crippen molar-refractivity contribution in [2.24, 2.45) is 9.98 Å². The number of hydrogen-bond acceptors (Lipinski definition) is 2. The van der Waals surface area contributed by atoms with Crippen LogP contribution in [0.15, 0.2) is 46.4 Å². The van der Waals surface area contributed by atoms with Crippen LogP contribution in [-0.4, -0.2) is 24.5 Å². The van der Waals surface area contributed by atoms with Crippen molar-refractivity contribution < 1.29 is 13.1 Å². The number of para-hydroxylation sites is 2. The maximum atomic E-state index is 5.04. The first kappa shape index (κ1) is 32.9. The van der Waals surface area contributed by atoms with E-state index in [4.69, 9.17) is 35.5 Å². The standard InChI is InChI=1S/C30H44N3.2ClH.Fe/c1-19(2)25-13-11-14-26(20(3)4)29(25)32-23(9)17-31-18-24(10)33-30-27(21(5)6)15-12-16-28(30)22(7)8;;;/h11-16,19-22H,17-18H2,1-10H3;2*1H;/q-1;;;+3/p-2. The van der Waals surface area contributed by atoms with E-state index in [9.17, 15) is 0 Å². The van der Waals surface area contributed by atoms with Crippen LogP contribution in [0.1, 0.15) is 115 Å². The van der Waals surface area contributed by atoms with Crippen molar-refractivity contribution in [2.75, 3.05) is 13.1 Å². The van der Waals surface area contributed by atoms with Crippen LogP contribution in [0.3, 0.4) is 0 Å². The Morgan fingerprint density at radius 1 is 0.639 bits per heavy atom. The van der Waals surface area contributed by atoms with Crippen LogP contribution in [0.2, 0.25) is 0 Å². The van der Waals surface area contributed by atoms with Crippen molar-refractivity contribution in [3.8, 4) is 0 Å². The first-order chi connectivity index (χ1) is 16.9. The first-order valence-corrected chi connectivity index (χ1v) is 15.8. The SMILES string of the molecule is CC(C[N-]CC(C)=Nc1c(C(C)C)cccc1C(C)C)=Nc1c(C(C)C)cccc1C(C)C.[Cl][Fe+][Cl]. The molecule has 0 aliphatic carbocycles. The predicted octanol–water partition coefficient (Wildman–Crippen LogP) is 10.8. The van der Waals surface area contributed by atoms with Crippen LogP contribution >= 0.6 is 20.2 Å². The monoisotopic (exact) mass is 572 g/mol. The summed E-state index contributed by atoms with van der Waals surface area (Å²) < 4.78 is 0. The Morgan fingerprint density at radius 2 is 0.889 bits per heavy atom. The number of rotatable bonds is 10. The molecule has 0 fully saturated rings. The molecule has 36 heavy (non-hydrogen) atoms. The Hall–Kier alpha value is -1.16. The second-order valence-corrected chi connectivity index (χ2v) is 12.3. The zero-order valence-electron chi connectivity index (χ0n) is 23.6. The zero-order chi connectivity index (χ0) is 27.4. The van der Waals surface area contributed by atoms with Crippen LogP contribution in [0, 0.1) is 0 Å². The third-order valence-electron chi connectivity index (χ3n) is 5.97. The summed E-state index contributed by atoms with van der Waals surface area (Å²) in [6.45, 7) is 23.3. The number of hydrogen-bond donors (Lipinski definition) is 0. The van der Waals surface area contributed by atoms with Gasteiger partial charge < -0.3 is 5.32 Å². The molecule has 0 aliphatic heterocycles. The van der Waals surface area contributed by atoms with Gasteiger partial charge in [-0.05, 0) is 71.2 Å².